The van der Waals surface area contributed by atoms with Crippen LogP contribution in [0.25, 0.3) is 0 Å². The van der Waals surface area contributed by atoms with Crippen molar-refractivity contribution in [3.05, 3.63) is 15.9 Å². The van der Waals surface area contributed by atoms with Gasteiger partial charge in [-0.3, -0.25) is 9.48 Å². The maximum absolute atomic E-state index is 12.3. The third-order valence-electron chi connectivity index (χ3n) is 4.30. The van der Waals surface area contributed by atoms with Crippen LogP contribution in [-0.4, -0.2) is 27.1 Å². The molecular weight excluding hydrogens is 318 g/mol. The molecule has 4 nitrogen and oxygen atoms in total. The first-order chi connectivity index (χ1) is 9.56. The predicted molar refractivity (Wildman–Crippen MR) is 83.4 cm³/mol. The van der Waals surface area contributed by atoms with Crippen molar-refractivity contribution in [1.82, 2.24) is 14.7 Å². The Hall–Kier alpha value is -0.840. The Balaban J connectivity index is 2.14. The molecule has 20 heavy (non-hydrogen) atoms. The second-order valence-corrected chi connectivity index (χ2v) is 6.37. The lowest BCUT2D eigenvalue weighted by Gasteiger charge is -2.21. The highest BCUT2D eigenvalue weighted by molar-refractivity contribution is 9.10. The van der Waals surface area contributed by atoms with E-state index in [2.05, 4.69) is 34.9 Å². The van der Waals surface area contributed by atoms with Crippen LogP contribution in [0.5, 0.6) is 0 Å². The second kappa shape index (κ2) is 6.74. The van der Waals surface area contributed by atoms with Gasteiger partial charge < -0.3 is 4.90 Å². The van der Waals surface area contributed by atoms with Crippen molar-refractivity contribution in [2.75, 3.05) is 6.54 Å². The molecule has 0 saturated carbocycles. The number of carbonyl (C=O) groups is 1. The van der Waals surface area contributed by atoms with Gasteiger partial charge in [-0.25, -0.2) is 0 Å². The third kappa shape index (κ3) is 3.25. The van der Waals surface area contributed by atoms with Gasteiger partial charge in [0, 0.05) is 19.5 Å². The molecule has 0 spiro atoms. The molecule has 1 unspecified atom stereocenters. The van der Waals surface area contributed by atoms with E-state index in [0.29, 0.717) is 18.9 Å². The van der Waals surface area contributed by atoms with Crippen LogP contribution in [0, 0.1) is 12.8 Å². The number of nitrogens with zero attached hydrogens (tertiary/aromatic N) is 3. The summed E-state index contributed by atoms with van der Waals surface area (Å²) in [7, 11) is 0. The number of carbonyl (C=O) groups excluding carboxylic acids is 1. The van der Waals surface area contributed by atoms with Gasteiger partial charge in [-0.1, -0.05) is 13.3 Å². The molecule has 5 heteroatoms. The van der Waals surface area contributed by atoms with Crippen LogP contribution in [0.3, 0.4) is 0 Å². The molecule has 112 valence electrons. The van der Waals surface area contributed by atoms with Crippen molar-refractivity contribution in [3.63, 3.8) is 0 Å². The van der Waals surface area contributed by atoms with Crippen molar-refractivity contribution in [1.29, 1.82) is 0 Å². The second-order valence-electron chi connectivity index (χ2n) is 5.58. The summed E-state index contributed by atoms with van der Waals surface area (Å²) in [5.74, 6) is 0.986. The lowest BCUT2D eigenvalue weighted by atomic mass is 9.98. The Morgan fingerprint density at radius 1 is 1.35 bits per heavy atom. The van der Waals surface area contributed by atoms with E-state index in [1.165, 1.54) is 6.42 Å². The van der Waals surface area contributed by atoms with E-state index in [9.17, 15) is 4.79 Å². The van der Waals surface area contributed by atoms with E-state index >= 15 is 0 Å². The van der Waals surface area contributed by atoms with Crippen LogP contribution in [0.4, 0.5) is 0 Å². The lowest BCUT2D eigenvalue weighted by Crippen LogP contribution is -2.31. The summed E-state index contributed by atoms with van der Waals surface area (Å²) >= 11 is 3.61. The number of aromatic nitrogens is 2. The Labute approximate surface area is 129 Å². The first kappa shape index (κ1) is 15.5. The van der Waals surface area contributed by atoms with Crippen LogP contribution in [0.15, 0.2) is 4.47 Å². The minimum Gasteiger partial charge on any atom is -0.337 e. The molecular formula is C15H24BrN3O. The van der Waals surface area contributed by atoms with Gasteiger partial charge in [0.2, 0.25) is 5.91 Å². The van der Waals surface area contributed by atoms with E-state index in [-0.39, 0.29) is 5.91 Å². The van der Waals surface area contributed by atoms with E-state index < -0.39 is 0 Å². The van der Waals surface area contributed by atoms with E-state index in [1.54, 1.807) is 0 Å². The molecule has 1 aromatic rings. The molecule has 0 N–H and O–H groups in total. The van der Waals surface area contributed by atoms with E-state index in [1.807, 2.05) is 16.5 Å². The molecule has 0 radical (unpaired) electrons. The van der Waals surface area contributed by atoms with Crippen LogP contribution in [0.1, 0.15) is 50.9 Å². The number of hydrogen-bond acceptors (Lipinski definition) is 2. The average Bonchev–Trinajstić information content (AvgIpc) is 2.61. The number of halogens is 1. The quantitative estimate of drug-likeness (QED) is 0.840. The smallest absolute Gasteiger partial charge is 0.222 e. The molecule has 1 saturated heterocycles. The topological polar surface area (TPSA) is 38.1 Å². The van der Waals surface area contributed by atoms with Crippen molar-refractivity contribution in [2.45, 2.75) is 59.5 Å². The first-order valence-electron chi connectivity index (χ1n) is 7.56. The summed E-state index contributed by atoms with van der Waals surface area (Å²) < 4.78 is 3.04. The molecule has 0 aromatic carbocycles. The largest absolute Gasteiger partial charge is 0.337 e. The minimum atomic E-state index is 0.286. The maximum atomic E-state index is 12.3. The van der Waals surface area contributed by atoms with Gasteiger partial charge in [-0.05, 0) is 48.5 Å². The standard InChI is InChI=1S/C15H24BrN3O/c1-4-12-6-7-14(20)18(9-8-12)10-13-15(16)11(3)17-19(13)5-2/h12H,4-10H2,1-3H3. The number of hydrogen-bond donors (Lipinski definition) is 0. The highest BCUT2D eigenvalue weighted by Gasteiger charge is 2.24. The predicted octanol–water partition coefficient (Wildman–Crippen LogP) is 3.51. The molecule has 1 aliphatic heterocycles. The minimum absolute atomic E-state index is 0.286. The first-order valence-corrected chi connectivity index (χ1v) is 8.35. The van der Waals surface area contributed by atoms with Gasteiger partial charge in [-0.15, -0.1) is 0 Å². The summed E-state index contributed by atoms with van der Waals surface area (Å²) in [5, 5.41) is 4.51. The van der Waals surface area contributed by atoms with Crippen molar-refractivity contribution >= 4 is 21.8 Å². The Bertz CT molecular complexity index is 484. The number of rotatable bonds is 4. The van der Waals surface area contributed by atoms with Crippen molar-refractivity contribution < 1.29 is 4.79 Å². The number of aryl methyl sites for hydroxylation is 2. The summed E-state index contributed by atoms with van der Waals surface area (Å²) in [5.41, 5.74) is 2.11. The lowest BCUT2D eigenvalue weighted by molar-refractivity contribution is -0.131. The molecule has 1 fully saturated rings. The van der Waals surface area contributed by atoms with Crippen molar-refractivity contribution in [2.24, 2.45) is 5.92 Å². The Morgan fingerprint density at radius 3 is 2.75 bits per heavy atom. The maximum Gasteiger partial charge on any atom is 0.222 e. The van der Waals surface area contributed by atoms with E-state index in [4.69, 9.17) is 0 Å². The molecule has 2 rings (SSSR count). The summed E-state index contributed by atoms with van der Waals surface area (Å²) in [4.78, 5) is 14.3. The molecule has 0 bridgehead atoms. The van der Waals surface area contributed by atoms with Gasteiger partial charge in [-0.2, -0.15) is 5.10 Å². The van der Waals surface area contributed by atoms with Gasteiger partial charge in [0.25, 0.3) is 0 Å². The Kier molecular flexibility index (Phi) is 5.24. The summed E-state index contributed by atoms with van der Waals surface area (Å²) in [6.07, 6.45) is 4.03. The molecule has 0 aliphatic carbocycles. The zero-order chi connectivity index (χ0) is 14.7. The van der Waals surface area contributed by atoms with Crippen LogP contribution in [-0.2, 0) is 17.9 Å². The fourth-order valence-corrected chi connectivity index (χ4v) is 3.28. The summed E-state index contributed by atoms with van der Waals surface area (Å²) in [6.45, 7) is 8.68. The monoisotopic (exact) mass is 341 g/mol. The average molecular weight is 342 g/mol. The number of amides is 1. The van der Waals surface area contributed by atoms with Crippen LogP contribution in [0.2, 0.25) is 0 Å². The van der Waals surface area contributed by atoms with Crippen molar-refractivity contribution in [3.8, 4) is 0 Å². The van der Waals surface area contributed by atoms with Gasteiger partial charge in [0.1, 0.15) is 0 Å². The van der Waals surface area contributed by atoms with Crippen LogP contribution < -0.4 is 0 Å². The zero-order valence-corrected chi connectivity index (χ0v) is 14.2. The molecule has 1 aliphatic rings. The van der Waals surface area contributed by atoms with E-state index in [0.717, 1.165) is 41.8 Å². The fourth-order valence-electron chi connectivity index (χ4n) is 2.87. The van der Waals surface area contributed by atoms with Gasteiger partial charge in [0.15, 0.2) is 0 Å². The number of likely N-dealkylation sites (tertiary alicyclic amines) is 1. The molecule has 2 heterocycles. The fraction of sp³-hybridized carbons (Fsp3) is 0.733. The zero-order valence-electron chi connectivity index (χ0n) is 12.7. The highest BCUT2D eigenvalue weighted by atomic mass is 79.9. The van der Waals surface area contributed by atoms with Crippen LogP contribution >= 0.6 is 15.9 Å². The van der Waals surface area contributed by atoms with Gasteiger partial charge >= 0.3 is 0 Å². The van der Waals surface area contributed by atoms with Gasteiger partial charge in [0.05, 0.1) is 22.4 Å². The Morgan fingerprint density at radius 2 is 2.10 bits per heavy atom. The molecule has 1 aromatic heterocycles. The summed E-state index contributed by atoms with van der Waals surface area (Å²) in [6, 6.07) is 0. The SMILES string of the molecule is CCC1CCC(=O)N(Cc2c(Br)c(C)nn2CC)CC1. The molecule has 1 amide bonds. The normalized spacial score (nSPS) is 20.3. The third-order valence-corrected chi connectivity index (χ3v) is 5.33. The molecule has 1 atom stereocenters. The highest BCUT2D eigenvalue weighted by Crippen LogP contribution is 2.26.